The van der Waals surface area contributed by atoms with Crippen LogP contribution in [0.4, 0.5) is 0 Å². The van der Waals surface area contributed by atoms with E-state index in [0.29, 0.717) is 18.1 Å². The molecule has 0 bridgehead atoms. The first kappa shape index (κ1) is 14.7. The Morgan fingerprint density at radius 3 is 2.75 bits per heavy atom. The van der Waals surface area contributed by atoms with Crippen molar-refractivity contribution in [3.8, 4) is 11.5 Å². The van der Waals surface area contributed by atoms with Gasteiger partial charge in [0.25, 0.3) is 0 Å². The summed E-state index contributed by atoms with van der Waals surface area (Å²) in [5, 5.41) is 0. The third-order valence-electron chi connectivity index (χ3n) is 3.25. The van der Waals surface area contributed by atoms with E-state index in [0.717, 1.165) is 25.0 Å². The van der Waals surface area contributed by atoms with Crippen molar-refractivity contribution in [2.45, 2.75) is 25.4 Å². The molecule has 20 heavy (non-hydrogen) atoms. The highest BCUT2D eigenvalue weighted by Gasteiger charge is 2.17. The van der Waals surface area contributed by atoms with Crippen LogP contribution in [0.1, 0.15) is 18.4 Å². The van der Waals surface area contributed by atoms with E-state index in [9.17, 15) is 4.79 Å². The Hall–Kier alpha value is -1.75. The van der Waals surface area contributed by atoms with E-state index in [1.54, 1.807) is 26.4 Å². The summed E-state index contributed by atoms with van der Waals surface area (Å²) >= 11 is 0. The van der Waals surface area contributed by atoms with Crippen molar-refractivity contribution in [1.29, 1.82) is 0 Å². The number of carbonyl (C=O) groups excluding carboxylic acids is 1. The molecule has 1 aliphatic rings. The minimum atomic E-state index is -0.257. The predicted molar refractivity (Wildman–Crippen MR) is 73.2 cm³/mol. The zero-order chi connectivity index (χ0) is 14.4. The third kappa shape index (κ3) is 3.87. The number of hydrogen-bond donors (Lipinski definition) is 0. The maximum absolute atomic E-state index is 11.8. The minimum Gasteiger partial charge on any atom is -0.493 e. The van der Waals surface area contributed by atoms with Gasteiger partial charge in [-0.05, 0) is 30.5 Å². The Kier molecular flexibility index (Phi) is 5.24. The monoisotopic (exact) mass is 280 g/mol. The molecule has 0 N–H and O–H groups in total. The number of carbonyl (C=O) groups is 1. The first-order valence-electron chi connectivity index (χ1n) is 6.71. The predicted octanol–water partition coefficient (Wildman–Crippen LogP) is 1.97. The van der Waals surface area contributed by atoms with Crippen LogP contribution in [0.2, 0.25) is 0 Å². The molecule has 1 aliphatic heterocycles. The maximum Gasteiger partial charge on any atom is 0.310 e. The summed E-state index contributed by atoms with van der Waals surface area (Å²) in [4.78, 5) is 11.8. The molecule has 5 nitrogen and oxygen atoms in total. The number of rotatable bonds is 6. The van der Waals surface area contributed by atoms with Crippen LogP contribution in [-0.4, -0.2) is 39.5 Å². The van der Waals surface area contributed by atoms with Crippen LogP contribution in [0.5, 0.6) is 11.5 Å². The molecular weight excluding hydrogens is 260 g/mol. The van der Waals surface area contributed by atoms with Crippen molar-refractivity contribution in [2.75, 3.05) is 27.4 Å². The van der Waals surface area contributed by atoms with Gasteiger partial charge in [0.15, 0.2) is 11.5 Å². The largest absolute Gasteiger partial charge is 0.493 e. The van der Waals surface area contributed by atoms with Crippen molar-refractivity contribution in [1.82, 2.24) is 0 Å². The van der Waals surface area contributed by atoms with E-state index in [4.69, 9.17) is 18.9 Å². The average molecular weight is 280 g/mol. The standard InChI is InChI=1S/C15H20O5/c1-17-13-6-5-11(8-14(13)18-2)9-15(16)20-10-12-4-3-7-19-12/h5-6,8,12H,3-4,7,9-10H2,1-2H3/t12-/m0/s1. The first-order chi connectivity index (χ1) is 9.72. The molecule has 1 aromatic rings. The fourth-order valence-corrected chi connectivity index (χ4v) is 2.17. The molecule has 0 unspecified atom stereocenters. The van der Waals surface area contributed by atoms with Crippen molar-refractivity contribution >= 4 is 5.97 Å². The van der Waals surface area contributed by atoms with Gasteiger partial charge in [0.2, 0.25) is 0 Å². The maximum atomic E-state index is 11.8. The van der Waals surface area contributed by atoms with Crippen LogP contribution in [0, 0.1) is 0 Å². The van der Waals surface area contributed by atoms with Crippen LogP contribution in [-0.2, 0) is 20.7 Å². The van der Waals surface area contributed by atoms with Crippen LogP contribution in [0.15, 0.2) is 18.2 Å². The van der Waals surface area contributed by atoms with Gasteiger partial charge in [0, 0.05) is 6.61 Å². The summed E-state index contributed by atoms with van der Waals surface area (Å²) in [5.74, 6) is 0.994. The molecule has 5 heteroatoms. The molecule has 0 spiro atoms. The van der Waals surface area contributed by atoms with Gasteiger partial charge in [-0.25, -0.2) is 0 Å². The molecule has 1 saturated heterocycles. The van der Waals surface area contributed by atoms with E-state index >= 15 is 0 Å². The second-order valence-corrected chi connectivity index (χ2v) is 4.68. The van der Waals surface area contributed by atoms with E-state index in [1.807, 2.05) is 6.07 Å². The highest BCUT2D eigenvalue weighted by atomic mass is 16.6. The third-order valence-corrected chi connectivity index (χ3v) is 3.25. The Morgan fingerprint density at radius 1 is 1.30 bits per heavy atom. The summed E-state index contributed by atoms with van der Waals surface area (Å²) in [6.45, 7) is 1.10. The lowest BCUT2D eigenvalue weighted by molar-refractivity contribution is -0.146. The highest BCUT2D eigenvalue weighted by molar-refractivity contribution is 5.73. The SMILES string of the molecule is COc1ccc(CC(=O)OC[C@@H]2CCCO2)cc1OC. The molecule has 0 aromatic heterocycles. The zero-order valence-electron chi connectivity index (χ0n) is 11.9. The van der Waals surface area contributed by atoms with Gasteiger partial charge >= 0.3 is 5.97 Å². The van der Waals surface area contributed by atoms with Gasteiger partial charge in [-0.2, -0.15) is 0 Å². The molecule has 0 radical (unpaired) electrons. The van der Waals surface area contributed by atoms with E-state index < -0.39 is 0 Å². The minimum absolute atomic E-state index is 0.0596. The molecule has 2 rings (SSSR count). The van der Waals surface area contributed by atoms with Gasteiger partial charge in [-0.3, -0.25) is 4.79 Å². The topological polar surface area (TPSA) is 54.0 Å². The lowest BCUT2D eigenvalue weighted by atomic mass is 10.1. The zero-order valence-corrected chi connectivity index (χ0v) is 11.9. The summed E-state index contributed by atoms with van der Waals surface area (Å²) in [5.41, 5.74) is 0.833. The quantitative estimate of drug-likeness (QED) is 0.746. The Labute approximate surface area is 118 Å². The second-order valence-electron chi connectivity index (χ2n) is 4.68. The number of ether oxygens (including phenoxy) is 4. The van der Waals surface area contributed by atoms with Crippen molar-refractivity contribution in [2.24, 2.45) is 0 Å². The molecular formula is C15H20O5. The van der Waals surface area contributed by atoms with Crippen LogP contribution < -0.4 is 9.47 Å². The molecule has 1 aromatic carbocycles. The van der Waals surface area contributed by atoms with E-state index in [1.165, 1.54) is 0 Å². The van der Waals surface area contributed by atoms with Crippen LogP contribution in [0.25, 0.3) is 0 Å². The Morgan fingerprint density at radius 2 is 2.10 bits per heavy atom. The molecule has 110 valence electrons. The van der Waals surface area contributed by atoms with Gasteiger partial charge < -0.3 is 18.9 Å². The van der Waals surface area contributed by atoms with Gasteiger partial charge in [-0.15, -0.1) is 0 Å². The fourth-order valence-electron chi connectivity index (χ4n) is 2.17. The summed E-state index contributed by atoms with van der Waals surface area (Å²) in [6, 6.07) is 5.39. The van der Waals surface area contributed by atoms with Gasteiger partial charge in [0.05, 0.1) is 26.7 Å². The normalized spacial score (nSPS) is 17.8. The molecule has 0 aliphatic carbocycles. The van der Waals surface area contributed by atoms with Gasteiger partial charge in [0.1, 0.15) is 6.61 Å². The molecule has 1 atom stereocenters. The fraction of sp³-hybridized carbons (Fsp3) is 0.533. The average Bonchev–Trinajstić information content (AvgIpc) is 2.98. The Bertz CT molecular complexity index is 452. The lowest BCUT2D eigenvalue weighted by Gasteiger charge is -2.11. The van der Waals surface area contributed by atoms with Crippen molar-refractivity contribution < 1.29 is 23.7 Å². The lowest BCUT2D eigenvalue weighted by Crippen LogP contribution is -2.18. The van der Waals surface area contributed by atoms with Crippen molar-refractivity contribution in [3.63, 3.8) is 0 Å². The number of benzene rings is 1. The number of esters is 1. The highest BCUT2D eigenvalue weighted by Crippen LogP contribution is 2.27. The number of methoxy groups -OCH3 is 2. The molecule has 1 fully saturated rings. The van der Waals surface area contributed by atoms with Crippen molar-refractivity contribution in [3.05, 3.63) is 23.8 Å². The Balaban J connectivity index is 1.86. The van der Waals surface area contributed by atoms with Crippen LogP contribution in [0.3, 0.4) is 0 Å². The molecule has 0 saturated carbocycles. The molecule has 0 amide bonds. The molecule has 1 heterocycles. The van der Waals surface area contributed by atoms with E-state index in [-0.39, 0.29) is 18.5 Å². The summed E-state index contributed by atoms with van der Waals surface area (Å²) in [6.07, 6.45) is 2.28. The van der Waals surface area contributed by atoms with Gasteiger partial charge in [-0.1, -0.05) is 6.07 Å². The number of hydrogen-bond acceptors (Lipinski definition) is 5. The second kappa shape index (κ2) is 7.14. The first-order valence-corrected chi connectivity index (χ1v) is 6.71. The smallest absolute Gasteiger partial charge is 0.310 e. The van der Waals surface area contributed by atoms with E-state index in [2.05, 4.69) is 0 Å². The summed E-state index contributed by atoms with van der Waals surface area (Å²) < 4.78 is 21.0. The van der Waals surface area contributed by atoms with Crippen LogP contribution >= 0.6 is 0 Å². The summed E-state index contributed by atoms with van der Waals surface area (Å²) in [7, 11) is 3.14.